The number of nitrogens with zero attached hydrogens (tertiary/aromatic N) is 3. The standard InChI is InChI=1S/C13H16N4O2/c1-3-14-11-10(1)12(16-9-15-11)17-4-6-19-13(7-17)2-5-18-8-13/h1,3,9H,2,4-8H2,(H,14,15,16). The molecule has 19 heavy (non-hydrogen) atoms. The second-order valence-electron chi connectivity index (χ2n) is 5.19. The number of rotatable bonds is 1. The molecular weight excluding hydrogens is 244 g/mol. The Kier molecular flexibility index (Phi) is 2.46. The van der Waals surface area contributed by atoms with Crippen LogP contribution < -0.4 is 4.90 Å². The van der Waals surface area contributed by atoms with Gasteiger partial charge in [-0.3, -0.25) is 0 Å². The van der Waals surface area contributed by atoms with Crippen LogP contribution in [-0.2, 0) is 9.47 Å². The summed E-state index contributed by atoms with van der Waals surface area (Å²) in [5.74, 6) is 0.987. The highest BCUT2D eigenvalue weighted by atomic mass is 16.6. The largest absolute Gasteiger partial charge is 0.378 e. The number of aromatic amines is 1. The zero-order chi connectivity index (χ0) is 12.7. The number of hydrogen-bond donors (Lipinski definition) is 1. The molecule has 4 rings (SSSR count). The lowest BCUT2D eigenvalue weighted by Gasteiger charge is -2.40. The lowest BCUT2D eigenvalue weighted by Crippen LogP contribution is -2.52. The van der Waals surface area contributed by atoms with Crippen molar-refractivity contribution in [2.45, 2.75) is 12.0 Å². The molecule has 2 aromatic rings. The van der Waals surface area contributed by atoms with Gasteiger partial charge in [0.1, 0.15) is 23.4 Å². The van der Waals surface area contributed by atoms with Gasteiger partial charge in [0.2, 0.25) is 0 Å². The highest BCUT2D eigenvalue weighted by Gasteiger charge is 2.41. The van der Waals surface area contributed by atoms with Gasteiger partial charge in [0.25, 0.3) is 0 Å². The van der Waals surface area contributed by atoms with E-state index in [4.69, 9.17) is 9.47 Å². The summed E-state index contributed by atoms with van der Waals surface area (Å²) < 4.78 is 11.5. The molecule has 1 unspecified atom stereocenters. The van der Waals surface area contributed by atoms with Gasteiger partial charge >= 0.3 is 0 Å². The van der Waals surface area contributed by atoms with E-state index in [1.165, 1.54) is 0 Å². The van der Waals surface area contributed by atoms with Crippen LogP contribution in [0.15, 0.2) is 18.6 Å². The van der Waals surface area contributed by atoms with Crippen molar-refractivity contribution >= 4 is 16.9 Å². The van der Waals surface area contributed by atoms with Crippen molar-refractivity contribution in [2.24, 2.45) is 0 Å². The van der Waals surface area contributed by atoms with E-state index in [1.54, 1.807) is 6.33 Å². The van der Waals surface area contributed by atoms with Crippen LogP contribution in [0.1, 0.15) is 6.42 Å². The highest BCUT2D eigenvalue weighted by Crippen LogP contribution is 2.31. The molecule has 2 aliphatic heterocycles. The average molecular weight is 260 g/mol. The minimum Gasteiger partial charge on any atom is -0.378 e. The molecule has 1 N–H and O–H groups in total. The Bertz CT molecular complexity index is 591. The van der Waals surface area contributed by atoms with E-state index in [1.807, 2.05) is 12.3 Å². The first-order valence-corrected chi connectivity index (χ1v) is 6.61. The topological polar surface area (TPSA) is 63.3 Å². The minimum absolute atomic E-state index is 0.147. The fourth-order valence-electron chi connectivity index (χ4n) is 2.96. The molecule has 0 bridgehead atoms. The van der Waals surface area contributed by atoms with E-state index in [9.17, 15) is 0 Å². The van der Waals surface area contributed by atoms with Gasteiger partial charge in [0, 0.05) is 25.8 Å². The molecule has 1 spiro atoms. The molecule has 1 atom stereocenters. The second kappa shape index (κ2) is 4.18. The molecule has 2 aromatic heterocycles. The second-order valence-corrected chi connectivity index (χ2v) is 5.19. The maximum atomic E-state index is 5.95. The Morgan fingerprint density at radius 1 is 1.32 bits per heavy atom. The molecule has 4 heterocycles. The van der Waals surface area contributed by atoms with Crippen LogP contribution in [0.4, 0.5) is 5.82 Å². The van der Waals surface area contributed by atoms with Gasteiger partial charge in [-0.25, -0.2) is 9.97 Å². The molecule has 100 valence electrons. The summed E-state index contributed by atoms with van der Waals surface area (Å²) in [5.41, 5.74) is 0.736. The Hall–Kier alpha value is -1.66. The highest BCUT2D eigenvalue weighted by molar-refractivity contribution is 5.87. The van der Waals surface area contributed by atoms with Crippen LogP contribution >= 0.6 is 0 Å². The predicted octanol–water partition coefficient (Wildman–Crippen LogP) is 0.954. The fraction of sp³-hybridized carbons (Fsp3) is 0.538. The Morgan fingerprint density at radius 2 is 2.32 bits per heavy atom. The maximum absolute atomic E-state index is 5.95. The summed E-state index contributed by atoms with van der Waals surface area (Å²) in [6.07, 6.45) is 4.48. The van der Waals surface area contributed by atoms with Crippen molar-refractivity contribution in [2.75, 3.05) is 37.8 Å². The number of ether oxygens (including phenoxy) is 2. The SMILES string of the molecule is c1nc(N2CCOC3(CCOC3)C2)c2cc[nH]c2n1. The van der Waals surface area contributed by atoms with Gasteiger partial charge in [0.15, 0.2) is 0 Å². The van der Waals surface area contributed by atoms with E-state index < -0.39 is 0 Å². The first-order valence-electron chi connectivity index (χ1n) is 6.61. The summed E-state index contributed by atoms with van der Waals surface area (Å²) in [7, 11) is 0. The monoisotopic (exact) mass is 260 g/mol. The molecular formula is C13H16N4O2. The van der Waals surface area contributed by atoms with Crippen molar-refractivity contribution in [3.05, 3.63) is 18.6 Å². The van der Waals surface area contributed by atoms with E-state index in [0.717, 1.165) is 49.6 Å². The van der Waals surface area contributed by atoms with Crippen LogP contribution in [0, 0.1) is 0 Å². The summed E-state index contributed by atoms with van der Waals surface area (Å²) >= 11 is 0. The third-order valence-corrected chi connectivity index (χ3v) is 3.95. The van der Waals surface area contributed by atoms with Crippen molar-refractivity contribution in [1.82, 2.24) is 15.0 Å². The summed E-state index contributed by atoms with van der Waals surface area (Å²) in [4.78, 5) is 14.1. The van der Waals surface area contributed by atoms with E-state index in [0.29, 0.717) is 6.61 Å². The Labute approximate surface area is 110 Å². The third kappa shape index (κ3) is 1.79. The zero-order valence-corrected chi connectivity index (χ0v) is 10.6. The van der Waals surface area contributed by atoms with Gasteiger partial charge in [-0.15, -0.1) is 0 Å². The minimum atomic E-state index is -0.147. The number of H-pyrrole nitrogens is 1. The van der Waals surface area contributed by atoms with Crippen molar-refractivity contribution in [3.8, 4) is 0 Å². The normalized spacial score (nSPS) is 27.5. The van der Waals surface area contributed by atoms with Crippen LogP contribution in [0.5, 0.6) is 0 Å². The summed E-state index contributed by atoms with van der Waals surface area (Å²) in [6, 6.07) is 2.03. The number of aromatic nitrogens is 3. The Morgan fingerprint density at radius 3 is 3.21 bits per heavy atom. The van der Waals surface area contributed by atoms with Crippen LogP contribution in [0.3, 0.4) is 0 Å². The molecule has 2 saturated heterocycles. The number of morpholine rings is 1. The maximum Gasteiger partial charge on any atom is 0.142 e. The molecule has 0 saturated carbocycles. The number of nitrogens with one attached hydrogen (secondary N) is 1. The van der Waals surface area contributed by atoms with Gasteiger partial charge in [-0.05, 0) is 6.07 Å². The molecule has 0 radical (unpaired) electrons. The lowest BCUT2D eigenvalue weighted by atomic mass is 10.0. The molecule has 6 nitrogen and oxygen atoms in total. The third-order valence-electron chi connectivity index (χ3n) is 3.95. The fourth-order valence-corrected chi connectivity index (χ4v) is 2.96. The number of anilines is 1. The van der Waals surface area contributed by atoms with Gasteiger partial charge in [0.05, 0.1) is 25.1 Å². The van der Waals surface area contributed by atoms with Crippen molar-refractivity contribution in [3.63, 3.8) is 0 Å². The average Bonchev–Trinajstić information content (AvgIpc) is 3.07. The van der Waals surface area contributed by atoms with E-state index in [2.05, 4.69) is 19.9 Å². The quantitative estimate of drug-likeness (QED) is 0.827. The number of hydrogen-bond acceptors (Lipinski definition) is 5. The van der Waals surface area contributed by atoms with Crippen LogP contribution in [0.25, 0.3) is 11.0 Å². The van der Waals surface area contributed by atoms with Crippen molar-refractivity contribution < 1.29 is 9.47 Å². The molecule has 2 fully saturated rings. The summed E-state index contributed by atoms with van der Waals surface area (Å²) in [6.45, 7) is 3.89. The number of fused-ring (bicyclic) bond motifs is 1. The van der Waals surface area contributed by atoms with Gasteiger partial charge in [-0.1, -0.05) is 0 Å². The first-order chi connectivity index (χ1) is 9.36. The summed E-state index contributed by atoms with van der Waals surface area (Å²) in [5, 5.41) is 1.07. The smallest absolute Gasteiger partial charge is 0.142 e. The lowest BCUT2D eigenvalue weighted by molar-refractivity contribution is -0.0580. The molecule has 2 aliphatic rings. The van der Waals surface area contributed by atoms with Gasteiger partial charge < -0.3 is 19.4 Å². The molecule has 0 amide bonds. The molecule has 6 heteroatoms. The Balaban J connectivity index is 1.70. The van der Waals surface area contributed by atoms with Crippen LogP contribution in [0.2, 0.25) is 0 Å². The molecule has 0 aromatic carbocycles. The van der Waals surface area contributed by atoms with Crippen molar-refractivity contribution in [1.29, 1.82) is 0 Å². The van der Waals surface area contributed by atoms with Gasteiger partial charge in [-0.2, -0.15) is 0 Å². The zero-order valence-electron chi connectivity index (χ0n) is 10.6. The van der Waals surface area contributed by atoms with E-state index >= 15 is 0 Å². The first kappa shape index (κ1) is 11.2. The van der Waals surface area contributed by atoms with Crippen LogP contribution in [-0.4, -0.2) is 53.5 Å². The van der Waals surface area contributed by atoms with E-state index in [-0.39, 0.29) is 5.60 Å². The molecule has 0 aliphatic carbocycles. The predicted molar refractivity (Wildman–Crippen MR) is 70.2 cm³/mol.